The van der Waals surface area contributed by atoms with Crippen molar-refractivity contribution in [1.29, 1.82) is 0 Å². The molecular weight excluding hydrogens is 348 g/mol. The van der Waals surface area contributed by atoms with Gasteiger partial charge in [-0.05, 0) is 74.0 Å². The van der Waals surface area contributed by atoms with Crippen LogP contribution in [-0.4, -0.2) is 49.9 Å². The largest absolute Gasteiger partial charge is 0.372 e. The van der Waals surface area contributed by atoms with Gasteiger partial charge in [0.15, 0.2) is 0 Å². The maximum atomic E-state index is 6.03. The first-order chi connectivity index (χ1) is 13.0. The molecule has 0 aromatic heterocycles. The molecule has 4 heteroatoms. The maximum Gasteiger partial charge on any atom is 0.106 e. The van der Waals surface area contributed by atoms with E-state index in [1.807, 2.05) is 14.2 Å². The second-order valence-corrected chi connectivity index (χ2v) is 11.3. The minimum absolute atomic E-state index is 0.205. The van der Waals surface area contributed by atoms with E-state index in [-0.39, 0.29) is 11.2 Å². The predicted molar refractivity (Wildman–Crippen MR) is 115 cm³/mol. The summed E-state index contributed by atoms with van der Waals surface area (Å²) < 4.78 is 12.1. The Morgan fingerprint density at radius 3 is 1.36 bits per heavy atom. The molecule has 0 heterocycles. The van der Waals surface area contributed by atoms with Crippen molar-refractivity contribution in [3.63, 3.8) is 0 Å². The van der Waals surface area contributed by atoms with Gasteiger partial charge in [-0.2, -0.15) is 0 Å². The van der Waals surface area contributed by atoms with Gasteiger partial charge >= 0.3 is 0 Å². The fourth-order valence-corrected chi connectivity index (χ4v) is 7.20. The summed E-state index contributed by atoms with van der Waals surface area (Å²) in [6.07, 6.45) is 4.73. The SMILES string of the molecule is CO[C@]1(C)C(=NCCN=C2C[C@@H]3C[C@@H](C3(C)C)[C@]2(C)OC)C[C@@H]2C[C@H]1C2(C)C. The highest BCUT2D eigenvalue weighted by Gasteiger charge is 2.63. The molecule has 0 saturated heterocycles. The Morgan fingerprint density at radius 1 is 0.714 bits per heavy atom. The van der Waals surface area contributed by atoms with Crippen LogP contribution >= 0.6 is 0 Å². The Balaban J connectivity index is 1.44. The van der Waals surface area contributed by atoms with Gasteiger partial charge in [-0.3, -0.25) is 9.98 Å². The summed E-state index contributed by atoms with van der Waals surface area (Å²) in [6, 6.07) is 0. The standard InChI is InChI=1S/C24H40N2O2/c1-21(2)15-11-17(21)23(5,27-7)19(13-15)25-9-10-26-20-14-16-12-18(22(16,3)4)24(20,6)28-8/h15-18H,9-14H2,1-8H3/t15-,16-,17-,18-,23-,24-/m0/s1. The van der Waals surface area contributed by atoms with Crippen LogP contribution in [0.5, 0.6) is 0 Å². The second kappa shape index (κ2) is 6.38. The number of ether oxygens (including phenoxy) is 2. The number of methoxy groups -OCH3 is 2. The quantitative estimate of drug-likeness (QED) is 0.634. The zero-order chi connectivity index (χ0) is 20.5. The summed E-state index contributed by atoms with van der Waals surface area (Å²) in [5.41, 5.74) is 2.86. The van der Waals surface area contributed by atoms with Crippen LogP contribution in [0.1, 0.15) is 67.2 Å². The molecule has 0 aliphatic heterocycles. The van der Waals surface area contributed by atoms with Crippen molar-refractivity contribution in [2.24, 2.45) is 44.5 Å². The van der Waals surface area contributed by atoms with E-state index in [2.05, 4.69) is 41.5 Å². The summed E-state index contributed by atoms with van der Waals surface area (Å²) in [5.74, 6) is 2.68. The van der Waals surface area contributed by atoms with Gasteiger partial charge in [0.2, 0.25) is 0 Å². The van der Waals surface area contributed by atoms with Crippen LogP contribution in [0.25, 0.3) is 0 Å². The zero-order valence-corrected chi connectivity index (χ0v) is 19.3. The highest BCUT2D eigenvalue weighted by molar-refractivity contribution is 5.95. The lowest BCUT2D eigenvalue weighted by Gasteiger charge is -2.64. The molecular formula is C24H40N2O2. The average Bonchev–Trinajstić information content (AvgIpc) is 2.66. The molecule has 4 bridgehead atoms. The van der Waals surface area contributed by atoms with Crippen molar-refractivity contribution in [1.82, 2.24) is 0 Å². The van der Waals surface area contributed by atoms with Crippen molar-refractivity contribution in [2.75, 3.05) is 27.3 Å². The van der Waals surface area contributed by atoms with E-state index in [1.165, 1.54) is 24.3 Å². The number of hydrogen-bond donors (Lipinski definition) is 0. The molecule has 0 radical (unpaired) electrons. The maximum absolute atomic E-state index is 6.03. The molecule has 6 fully saturated rings. The van der Waals surface area contributed by atoms with Gasteiger partial charge in [0.25, 0.3) is 0 Å². The highest BCUT2D eigenvalue weighted by Crippen LogP contribution is 2.63. The van der Waals surface area contributed by atoms with Crippen molar-refractivity contribution in [2.45, 2.75) is 78.4 Å². The second-order valence-electron chi connectivity index (χ2n) is 11.3. The minimum atomic E-state index is -0.205. The topological polar surface area (TPSA) is 43.2 Å². The Bertz CT molecular complexity index is 649. The molecule has 6 rings (SSSR count). The fraction of sp³-hybridized carbons (Fsp3) is 0.917. The Morgan fingerprint density at radius 2 is 1.07 bits per heavy atom. The molecule has 0 amide bonds. The molecule has 0 unspecified atom stereocenters. The summed E-state index contributed by atoms with van der Waals surface area (Å²) >= 11 is 0. The van der Waals surface area contributed by atoms with Gasteiger partial charge in [0.05, 0.1) is 13.1 Å². The first-order valence-electron chi connectivity index (χ1n) is 11.2. The molecule has 6 saturated carbocycles. The Labute approximate surface area is 171 Å². The van der Waals surface area contributed by atoms with Crippen molar-refractivity contribution >= 4 is 11.4 Å². The van der Waals surface area contributed by atoms with Crippen LogP contribution in [-0.2, 0) is 9.47 Å². The van der Waals surface area contributed by atoms with Crippen molar-refractivity contribution in [3.8, 4) is 0 Å². The van der Waals surface area contributed by atoms with Crippen molar-refractivity contribution < 1.29 is 9.47 Å². The lowest BCUT2D eigenvalue weighted by molar-refractivity contribution is -0.148. The van der Waals surface area contributed by atoms with E-state index in [0.717, 1.165) is 37.8 Å². The number of fused-ring (bicyclic) bond motifs is 4. The number of rotatable bonds is 5. The highest BCUT2D eigenvalue weighted by atomic mass is 16.5. The third-order valence-corrected chi connectivity index (χ3v) is 9.85. The monoisotopic (exact) mass is 388 g/mol. The van der Waals surface area contributed by atoms with Gasteiger partial charge in [-0.15, -0.1) is 0 Å². The van der Waals surface area contributed by atoms with Crippen LogP contribution in [0.4, 0.5) is 0 Å². The molecule has 4 nitrogen and oxygen atoms in total. The third-order valence-electron chi connectivity index (χ3n) is 9.85. The predicted octanol–water partition coefficient (Wildman–Crippen LogP) is 4.81. The average molecular weight is 389 g/mol. The van der Waals surface area contributed by atoms with Gasteiger partial charge < -0.3 is 9.47 Å². The van der Waals surface area contributed by atoms with Gasteiger partial charge in [0.1, 0.15) is 11.2 Å². The smallest absolute Gasteiger partial charge is 0.106 e. The molecule has 0 spiro atoms. The Hall–Kier alpha value is -0.740. The van der Waals surface area contributed by atoms with Gasteiger partial charge in [-0.25, -0.2) is 0 Å². The van der Waals surface area contributed by atoms with Crippen LogP contribution in [0.15, 0.2) is 9.98 Å². The fourth-order valence-electron chi connectivity index (χ4n) is 7.20. The molecule has 6 aliphatic rings. The van der Waals surface area contributed by atoms with E-state index in [0.29, 0.717) is 22.7 Å². The molecule has 28 heavy (non-hydrogen) atoms. The van der Waals surface area contributed by atoms with E-state index in [9.17, 15) is 0 Å². The zero-order valence-electron chi connectivity index (χ0n) is 19.3. The van der Waals surface area contributed by atoms with Crippen LogP contribution < -0.4 is 0 Å². The lowest BCUT2D eigenvalue weighted by atomic mass is 9.44. The van der Waals surface area contributed by atoms with Crippen LogP contribution in [0.3, 0.4) is 0 Å². The first kappa shape index (κ1) is 20.5. The first-order valence-corrected chi connectivity index (χ1v) is 11.2. The summed E-state index contributed by atoms with van der Waals surface area (Å²) in [6.45, 7) is 15.6. The van der Waals surface area contributed by atoms with E-state index >= 15 is 0 Å². The molecule has 158 valence electrons. The molecule has 6 atom stereocenters. The van der Waals surface area contributed by atoms with Gasteiger partial charge in [0, 0.05) is 25.6 Å². The van der Waals surface area contributed by atoms with Crippen LogP contribution in [0.2, 0.25) is 0 Å². The third kappa shape index (κ3) is 2.56. The molecule has 0 N–H and O–H groups in total. The summed E-state index contributed by atoms with van der Waals surface area (Å²) in [7, 11) is 3.70. The van der Waals surface area contributed by atoms with Crippen molar-refractivity contribution in [3.05, 3.63) is 0 Å². The summed E-state index contributed by atoms with van der Waals surface area (Å²) in [5, 5.41) is 0. The number of aliphatic imine (C=N–C) groups is 2. The molecule has 6 aliphatic carbocycles. The van der Waals surface area contributed by atoms with Crippen LogP contribution in [0, 0.1) is 34.5 Å². The lowest BCUT2D eigenvalue weighted by Crippen LogP contribution is -2.65. The Kier molecular flexibility index (Phi) is 4.68. The van der Waals surface area contributed by atoms with E-state index in [4.69, 9.17) is 19.5 Å². The number of hydrogen-bond acceptors (Lipinski definition) is 4. The van der Waals surface area contributed by atoms with E-state index < -0.39 is 0 Å². The summed E-state index contributed by atoms with van der Waals surface area (Å²) in [4.78, 5) is 10.0. The van der Waals surface area contributed by atoms with Gasteiger partial charge in [-0.1, -0.05) is 27.7 Å². The normalized spacial score (nSPS) is 48.3. The van der Waals surface area contributed by atoms with E-state index in [1.54, 1.807) is 0 Å². The molecule has 0 aromatic carbocycles. The minimum Gasteiger partial charge on any atom is -0.372 e. The number of nitrogens with zero attached hydrogens (tertiary/aromatic N) is 2. The molecule has 0 aromatic rings.